The fourth-order valence-corrected chi connectivity index (χ4v) is 4.77. The van der Waals surface area contributed by atoms with Gasteiger partial charge < -0.3 is 5.73 Å². The maximum absolute atomic E-state index is 12.6. The van der Waals surface area contributed by atoms with Crippen molar-refractivity contribution in [2.24, 2.45) is 5.73 Å². The Bertz CT molecular complexity index is 657. The van der Waals surface area contributed by atoms with Gasteiger partial charge in [0.15, 0.2) is 0 Å². The van der Waals surface area contributed by atoms with Gasteiger partial charge in [0.05, 0.1) is 0 Å². The molecule has 4 nitrogen and oxygen atoms in total. The van der Waals surface area contributed by atoms with Crippen molar-refractivity contribution in [1.29, 1.82) is 0 Å². The van der Waals surface area contributed by atoms with Crippen LogP contribution in [-0.2, 0) is 16.6 Å². The molecule has 0 aliphatic rings. The van der Waals surface area contributed by atoms with Crippen molar-refractivity contribution < 1.29 is 8.42 Å². The van der Waals surface area contributed by atoms with E-state index in [1.807, 2.05) is 43.3 Å². The minimum absolute atomic E-state index is 0. The van der Waals surface area contributed by atoms with Crippen molar-refractivity contribution in [3.63, 3.8) is 0 Å². The lowest BCUT2D eigenvalue weighted by atomic mass is 10.2. The van der Waals surface area contributed by atoms with Crippen molar-refractivity contribution >= 4 is 33.8 Å². The molecule has 21 heavy (non-hydrogen) atoms. The summed E-state index contributed by atoms with van der Waals surface area (Å²) in [7, 11) is -3.47. The number of hydrogen-bond donors (Lipinski definition) is 1. The number of aryl methyl sites for hydroxylation is 1. The second-order valence-electron chi connectivity index (χ2n) is 4.48. The number of nitrogens with two attached hydrogens (primary N) is 1. The third-order valence-corrected chi connectivity index (χ3v) is 6.20. The minimum atomic E-state index is -3.47. The van der Waals surface area contributed by atoms with Gasteiger partial charge in [-0.3, -0.25) is 0 Å². The summed E-state index contributed by atoms with van der Waals surface area (Å²) in [5.74, 6) is 0. The van der Waals surface area contributed by atoms with E-state index in [-0.39, 0.29) is 12.4 Å². The molecule has 7 heteroatoms. The van der Waals surface area contributed by atoms with Crippen LogP contribution in [0.4, 0.5) is 0 Å². The predicted octanol–water partition coefficient (Wildman–Crippen LogP) is 2.63. The van der Waals surface area contributed by atoms with E-state index in [0.717, 1.165) is 10.4 Å². The summed E-state index contributed by atoms with van der Waals surface area (Å²) in [5.41, 5.74) is 6.52. The first-order chi connectivity index (χ1) is 9.54. The van der Waals surface area contributed by atoms with Crippen LogP contribution >= 0.6 is 23.7 Å². The first-order valence-corrected chi connectivity index (χ1v) is 8.60. The Morgan fingerprint density at radius 1 is 1.14 bits per heavy atom. The summed E-state index contributed by atoms with van der Waals surface area (Å²) < 4.78 is 27.1. The lowest BCUT2D eigenvalue weighted by Gasteiger charge is -2.20. The molecule has 0 radical (unpaired) electrons. The minimum Gasteiger partial charge on any atom is -0.329 e. The Balaban J connectivity index is 0.00000220. The van der Waals surface area contributed by atoms with Crippen molar-refractivity contribution in [3.8, 4) is 0 Å². The average molecular weight is 347 g/mol. The number of benzene rings is 1. The van der Waals surface area contributed by atoms with Gasteiger partial charge in [0, 0.05) is 24.5 Å². The van der Waals surface area contributed by atoms with Crippen LogP contribution in [-0.4, -0.2) is 25.8 Å². The predicted molar refractivity (Wildman–Crippen MR) is 89.4 cm³/mol. The monoisotopic (exact) mass is 346 g/mol. The first kappa shape index (κ1) is 18.1. The lowest BCUT2D eigenvalue weighted by Crippen LogP contribution is -2.34. The molecule has 2 aromatic rings. The van der Waals surface area contributed by atoms with E-state index in [9.17, 15) is 8.42 Å². The second kappa shape index (κ2) is 7.91. The molecule has 0 fully saturated rings. The van der Waals surface area contributed by atoms with Gasteiger partial charge in [0.2, 0.25) is 0 Å². The molecule has 1 aromatic heterocycles. The molecule has 0 atom stereocenters. The van der Waals surface area contributed by atoms with Crippen molar-refractivity contribution in [1.82, 2.24) is 4.31 Å². The zero-order valence-electron chi connectivity index (χ0n) is 11.7. The van der Waals surface area contributed by atoms with Crippen LogP contribution in [0.15, 0.2) is 46.7 Å². The van der Waals surface area contributed by atoms with Gasteiger partial charge >= 0.3 is 0 Å². The fourth-order valence-electron chi connectivity index (χ4n) is 1.89. The van der Waals surface area contributed by atoms with E-state index in [0.29, 0.717) is 23.8 Å². The van der Waals surface area contributed by atoms with Gasteiger partial charge in [0.1, 0.15) is 4.21 Å². The van der Waals surface area contributed by atoms with Gasteiger partial charge in [-0.15, -0.1) is 23.7 Å². The molecule has 0 saturated carbocycles. The molecule has 2 N–H and O–H groups in total. The maximum atomic E-state index is 12.6. The molecular formula is C14H19ClN2O2S2. The van der Waals surface area contributed by atoms with Gasteiger partial charge in [-0.25, -0.2) is 8.42 Å². The molecular weight excluding hydrogens is 328 g/mol. The number of hydrogen-bond acceptors (Lipinski definition) is 4. The molecule has 1 aromatic carbocycles. The molecule has 0 unspecified atom stereocenters. The molecule has 0 aliphatic carbocycles. The highest BCUT2D eigenvalue weighted by molar-refractivity contribution is 7.91. The van der Waals surface area contributed by atoms with E-state index < -0.39 is 10.0 Å². The highest BCUT2D eigenvalue weighted by Gasteiger charge is 2.25. The molecule has 0 saturated heterocycles. The molecule has 0 aliphatic heterocycles. The van der Waals surface area contributed by atoms with Crippen LogP contribution in [0.3, 0.4) is 0 Å². The summed E-state index contributed by atoms with van der Waals surface area (Å²) in [6.45, 7) is 2.86. The maximum Gasteiger partial charge on any atom is 0.252 e. The van der Waals surface area contributed by atoms with Gasteiger partial charge in [-0.1, -0.05) is 30.3 Å². The Morgan fingerprint density at radius 2 is 1.81 bits per heavy atom. The Kier molecular flexibility index (Phi) is 6.83. The quantitative estimate of drug-likeness (QED) is 0.874. The summed E-state index contributed by atoms with van der Waals surface area (Å²) in [6, 6.07) is 13.0. The van der Waals surface area contributed by atoms with Gasteiger partial charge in [0.25, 0.3) is 10.0 Å². The third kappa shape index (κ3) is 4.52. The number of halogens is 1. The Hall–Kier alpha value is -0.920. The third-order valence-electron chi connectivity index (χ3n) is 2.89. The van der Waals surface area contributed by atoms with Crippen LogP contribution in [0.2, 0.25) is 0 Å². The molecule has 0 spiro atoms. The summed E-state index contributed by atoms with van der Waals surface area (Å²) in [6.07, 6.45) is 0. The topological polar surface area (TPSA) is 63.4 Å². The zero-order chi connectivity index (χ0) is 14.6. The van der Waals surface area contributed by atoms with Crippen molar-refractivity contribution in [2.45, 2.75) is 17.7 Å². The highest BCUT2D eigenvalue weighted by Crippen LogP contribution is 2.25. The summed E-state index contributed by atoms with van der Waals surface area (Å²) in [4.78, 5) is 0.982. The number of thiophene rings is 1. The standard InChI is InChI=1S/C14H18N2O2S2.ClH/c1-12-7-8-14(19-12)20(17,18)16(10-9-15)11-13-5-3-2-4-6-13;/h2-8H,9-11,15H2,1H3;1H. The van der Waals surface area contributed by atoms with E-state index >= 15 is 0 Å². The summed E-state index contributed by atoms with van der Waals surface area (Å²) >= 11 is 1.29. The molecule has 0 amide bonds. The van der Waals surface area contributed by atoms with E-state index in [4.69, 9.17) is 5.73 Å². The lowest BCUT2D eigenvalue weighted by molar-refractivity contribution is 0.415. The fraction of sp³-hybridized carbons (Fsp3) is 0.286. The second-order valence-corrected chi connectivity index (χ2v) is 7.93. The van der Waals surface area contributed by atoms with Crippen LogP contribution in [0.25, 0.3) is 0 Å². The molecule has 0 bridgehead atoms. The Morgan fingerprint density at radius 3 is 2.33 bits per heavy atom. The van der Waals surface area contributed by atoms with E-state index in [2.05, 4.69) is 0 Å². The SMILES string of the molecule is Cc1ccc(S(=O)(=O)N(CCN)Cc2ccccc2)s1.Cl. The van der Waals surface area contributed by atoms with Crippen LogP contribution in [0.5, 0.6) is 0 Å². The largest absolute Gasteiger partial charge is 0.329 e. The number of nitrogens with zero attached hydrogens (tertiary/aromatic N) is 1. The van der Waals surface area contributed by atoms with Crippen LogP contribution < -0.4 is 5.73 Å². The van der Waals surface area contributed by atoms with E-state index in [1.54, 1.807) is 6.07 Å². The smallest absolute Gasteiger partial charge is 0.252 e. The first-order valence-electron chi connectivity index (χ1n) is 6.34. The van der Waals surface area contributed by atoms with Gasteiger partial charge in [-0.2, -0.15) is 4.31 Å². The zero-order valence-corrected chi connectivity index (χ0v) is 14.2. The van der Waals surface area contributed by atoms with Crippen LogP contribution in [0, 0.1) is 6.92 Å². The summed E-state index contributed by atoms with van der Waals surface area (Å²) in [5, 5.41) is 0. The normalized spacial score (nSPS) is 11.4. The molecule has 116 valence electrons. The van der Waals surface area contributed by atoms with Gasteiger partial charge in [-0.05, 0) is 24.6 Å². The average Bonchev–Trinajstić information content (AvgIpc) is 2.87. The molecule has 1 heterocycles. The van der Waals surface area contributed by atoms with Crippen LogP contribution in [0.1, 0.15) is 10.4 Å². The Labute approximate surface area is 136 Å². The number of sulfonamides is 1. The number of rotatable bonds is 6. The van der Waals surface area contributed by atoms with Crippen molar-refractivity contribution in [3.05, 3.63) is 52.9 Å². The van der Waals surface area contributed by atoms with E-state index in [1.165, 1.54) is 15.6 Å². The van der Waals surface area contributed by atoms with Crippen molar-refractivity contribution in [2.75, 3.05) is 13.1 Å². The highest BCUT2D eigenvalue weighted by atomic mass is 35.5. The molecule has 2 rings (SSSR count).